The van der Waals surface area contributed by atoms with Crippen LogP contribution in [-0.2, 0) is 4.79 Å². The van der Waals surface area contributed by atoms with Crippen molar-refractivity contribution in [3.05, 3.63) is 12.2 Å². The smallest absolute Gasteiger partial charge is 0.262 e. The van der Waals surface area contributed by atoms with Gasteiger partial charge in [-0.2, -0.15) is 0 Å². The van der Waals surface area contributed by atoms with Crippen molar-refractivity contribution in [1.29, 1.82) is 0 Å². The number of nitrogens with one attached hydrogen (secondary N) is 1. The third kappa shape index (κ3) is 3.95. The van der Waals surface area contributed by atoms with Gasteiger partial charge in [0.2, 0.25) is 5.67 Å². The highest BCUT2D eigenvalue weighted by atomic mass is 19.1. The Morgan fingerprint density at radius 1 is 1.31 bits per heavy atom. The number of alkyl halides is 1. The van der Waals surface area contributed by atoms with E-state index < -0.39 is 11.6 Å². The van der Waals surface area contributed by atoms with E-state index in [1.807, 2.05) is 20.8 Å². The van der Waals surface area contributed by atoms with Crippen LogP contribution in [0.1, 0.15) is 52.9 Å². The first-order valence-electron chi connectivity index (χ1n) is 6.03. The van der Waals surface area contributed by atoms with Crippen molar-refractivity contribution < 1.29 is 9.18 Å². The zero-order valence-electron chi connectivity index (χ0n) is 10.5. The van der Waals surface area contributed by atoms with Gasteiger partial charge in [-0.25, -0.2) is 4.39 Å². The van der Waals surface area contributed by atoms with Crippen LogP contribution in [0.4, 0.5) is 4.39 Å². The number of rotatable bonds is 1. The standard InChI is InChI=1S/C13H22FNO/c1-12(2,3)15-11(16)13(14)9-7-5-4-6-8-10-13/h7,9H,4-6,8,10H2,1-3H3,(H,15,16)/b9-7-/t13-/m0/s1. The number of carbonyl (C=O) groups excluding carboxylic acids is 1. The molecule has 0 bridgehead atoms. The largest absolute Gasteiger partial charge is 0.348 e. The van der Waals surface area contributed by atoms with Crippen LogP contribution < -0.4 is 5.32 Å². The molecule has 0 aromatic carbocycles. The molecule has 0 heterocycles. The molecule has 0 fully saturated rings. The van der Waals surface area contributed by atoms with Gasteiger partial charge in [-0.15, -0.1) is 0 Å². The fourth-order valence-corrected chi connectivity index (χ4v) is 1.81. The van der Waals surface area contributed by atoms with Crippen molar-refractivity contribution in [2.75, 3.05) is 0 Å². The molecule has 1 rings (SSSR count). The van der Waals surface area contributed by atoms with Crippen LogP contribution in [0.5, 0.6) is 0 Å². The number of carbonyl (C=O) groups is 1. The average Bonchev–Trinajstić information content (AvgIpc) is 2.08. The van der Waals surface area contributed by atoms with Crippen LogP contribution in [0.2, 0.25) is 0 Å². The lowest BCUT2D eigenvalue weighted by Crippen LogP contribution is -2.50. The van der Waals surface area contributed by atoms with E-state index in [0.717, 1.165) is 25.7 Å². The molecule has 0 aliphatic heterocycles. The molecule has 0 aromatic heterocycles. The zero-order chi connectivity index (χ0) is 12.2. The molecule has 0 aromatic rings. The predicted molar refractivity (Wildman–Crippen MR) is 64.0 cm³/mol. The maximum atomic E-state index is 14.4. The Hall–Kier alpha value is -0.860. The van der Waals surface area contributed by atoms with Gasteiger partial charge in [0.05, 0.1) is 0 Å². The van der Waals surface area contributed by atoms with Gasteiger partial charge >= 0.3 is 0 Å². The topological polar surface area (TPSA) is 29.1 Å². The Kier molecular flexibility index (Phi) is 4.11. The molecule has 0 saturated heterocycles. The summed E-state index contributed by atoms with van der Waals surface area (Å²) >= 11 is 0. The van der Waals surface area contributed by atoms with Crippen LogP contribution in [0.15, 0.2) is 12.2 Å². The van der Waals surface area contributed by atoms with Crippen molar-refractivity contribution in [3.8, 4) is 0 Å². The monoisotopic (exact) mass is 227 g/mol. The first-order chi connectivity index (χ1) is 7.33. The summed E-state index contributed by atoms with van der Waals surface area (Å²) in [5.41, 5.74) is -2.19. The highest BCUT2D eigenvalue weighted by molar-refractivity contribution is 5.87. The van der Waals surface area contributed by atoms with Crippen LogP contribution in [0, 0.1) is 0 Å². The summed E-state index contributed by atoms with van der Waals surface area (Å²) in [5.74, 6) is -0.502. The molecule has 2 nitrogen and oxygen atoms in total. The molecule has 0 spiro atoms. The molecule has 0 saturated carbocycles. The molecule has 1 aliphatic carbocycles. The van der Waals surface area contributed by atoms with Crippen LogP contribution >= 0.6 is 0 Å². The third-order valence-corrected chi connectivity index (χ3v) is 2.66. The SMILES string of the molecule is CC(C)(C)NC(=O)[C@]1(F)/C=C\CCCCC1. The molecular formula is C13H22FNO. The lowest BCUT2D eigenvalue weighted by Gasteiger charge is -2.28. The molecule has 3 heteroatoms. The number of allylic oxidation sites excluding steroid dienone is 1. The van der Waals surface area contributed by atoms with Crippen molar-refractivity contribution in [2.45, 2.75) is 64.1 Å². The van der Waals surface area contributed by atoms with Gasteiger partial charge in [0.25, 0.3) is 5.91 Å². The van der Waals surface area contributed by atoms with Gasteiger partial charge < -0.3 is 5.32 Å². The molecule has 92 valence electrons. The van der Waals surface area contributed by atoms with Gasteiger partial charge in [0.15, 0.2) is 0 Å². The second kappa shape index (κ2) is 4.98. The minimum Gasteiger partial charge on any atom is -0.348 e. The molecule has 1 amide bonds. The Labute approximate surface area is 97.3 Å². The van der Waals surface area contributed by atoms with Crippen molar-refractivity contribution in [2.24, 2.45) is 0 Å². The van der Waals surface area contributed by atoms with E-state index in [0.29, 0.717) is 6.42 Å². The van der Waals surface area contributed by atoms with Gasteiger partial charge in [-0.1, -0.05) is 12.5 Å². The average molecular weight is 227 g/mol. The van der Waals surface area contributed by atoms with Crippen molar-refractivity contribution >= 4 is 5.91 Å². The van der Waals surface area contributed by atoms with E-state index in [4.69, 9.17) is 0 Å². The maximum absolute atomic E-state index is 14.4. The van der Waals surface area contributed by atoms with E-state index in [1.54, 1.807) is 6.08 Å². The molecule has 0 unspecified atom stereocenters. The molecule has 1 aliphatic rings. The van der Waals surface area contributed by atoms with Crippen LogP contribution in [0.3, 0.4) is 0 Å². The maximum Gasteiger partial charge on any atom is 0.262 e. The van der Waals surface area contributed by atoms with Gasteiger partial charge in [-0.3, -0.25) is 4.79 Å². The Bertz CT molecular complexity index is 280. The van der Waals surface area contributed by atoms with E-state index >= 15 is 0 Å². The Balaban J connectivity index is 2.73. The summed E-state index contributed by atoms with van der Waals surface area (Å²) < 4.78 is 14.4. The summed E-state index contributed by atoms with van der Waals surface area (Å²) in [6, 6.07) is 0. The van der Waals surface area contributed by atoms with Crippen molar-refractivity contribution in [1.82, 2.24) is 5.32 Å². The quantitative estimate of drug-likeness (QED) is 0.685. The molecule has 0 radical (unpaired) electrons. The van der Waals surface area contributed by atoms with Crippen LogP contribution in [0.25, 0.3) is 0 Å². The highest BCUT2D eigenvalue weighted by Gasteiger charge is 2.37. The lowest BCUT2D eigenvalue weighted by atomic mass is 9.92. The second-order valence-corrected chi connectivity index (χ2v) is 5.57. The Morgan fingerprint density at radius 3 is 2.62 bits per heavy atom. The van der Waals surface area contributed by atoms with Crippen LogP contribution in [-0.4, -0.2) is 17.1 Å². The summed E-state index contributed by atoms with van der Waals surface area (Å²) in [5, 5.41) is 2.71. The molecule has 1 atom stereocenters. The van der Waals surface area contributed by atoms with E-state index in [9.17, 15) is 9.18 Å². The first kappa shape index (κ1) is 13.2. The summed E-state index contributed by atoms with van der Waals surface area (Å²) in [7, 11) is 0. The lowest BCUT2D eigenvalue weighted by molar-refractivity contribution is -0.132. The summed E-state index contributed by atoms with van der Waals surface area (Å²) in [6.07, 6.45) is 7.26. The van der Waals surface area contributed by atoms with E-state index in [1.165, 1.54) is 6.08 Å². The number of hydrogen-bond acceptors (Lipinski definition) is 1. The van der Waals surface area contributed by atoms with Gasteiger partial charge in [0, 0.05) is 5.54 Å². The van der Waals surface area contributed by atoms with Crippen molar-refractivity contribution in [3.63, 3.8) is 0 Å². The molecular weight excluding hydrogens is 205 g/mol. The second-order valence-electron chi connectivity index (χ2n) is 5.57. The normalized spacial score (nSPS) is 29.0. The number of amides is 1. The minimum absolute atomic E-state index is 0.297. The van der Waals surface area contributed by atoms with E-state index in [2.05, 4.69) is 5.32 Å². The molecule has 1 N–H and O–H groups in total. The van der Waals surface area contributed by atoms with Gasteiger partial charge in [-0.05, 0) is 52.5 Å². The molecule has 16 heavy (non-hydrogen) atoms. The summed E-state index contributed by atoms with van der Waals surface area (Å²) in [6.45, 7) is 5.59. The number of halogens is 1. The first-order valence-corrected chi connectivity index (χ1v) is 6.03. The predicted octanol–water partition coefficient (Wildman–Crippen LogP) is 3.13. The highest BCUT2D eigenvalue weighted by Crippen LogP contribution is 2.26. The zero-order valence-corrected chi connectivity index (χ0v) is 10.5. The minimum atomic E-state index is -1.81. The Morgan fingerprint density at radius 2 is 2.00 bits per heavy atom. The summed E-state index contributed by atoms with van der Waals surface area (Å²) in [4.78, 5) is 11.9. The fourth-order valence-electron chi connectivity index (χ4n) is 1.81. The third-order valence-electron chi connectivity index (χ3n) is 2.66. The number of hydrogen-bond donors (Lipinski definition) is 1. The van der Waals surface area contributed by atoms with Gasteiger partial charge in [0.1, 0.15) is 0 Å². The van der Waals surface area contributed by atoms with E-state index in [-0.39, 0.29) is 5.54 Å². The fraction of sp³-hybridized carbons (Fsp3) is 0.769.